The Morgan fingerprint density at radius 1 is 0.968 bits per heavy atom. The maximum Gasteiger partial charge on any atom is 0.214 e. The third-order valence-corrected chi connectivity index (χ3v) is 7.26. The first-order valence-corrected chi connectivity index (χ1v) is 12.1. The molecule has 4 rings (SSSR count). The Morgan fingerprint density at radius 3 is 2.19 bits per heavy atom. The summed E-state index contributed by atoms with van der Waals surface area (Å²) in [5.74, 6) is 0.987. The Morgan fingerprint density at radius 2 is 1.61 bits per heavy atom. The molecule has 2 aromatic rings. The largest absolute Gasteiger partial charge is 0.378 e. The first-order valence-electron chi connectivity index (χ1n) is 12.1. The zero-order valence-electron chi connectivity index (χ0n) is 20.1. The van der Waals surface area contributed by atoms with Gasteiger partial charge in [-0.05, 0) is 69.0 Å². The number of piperazine rings is 1. The van der Waals surface area contributed by atoms with E-state index in [1.165, 1.54) is 69.5 Å². The van der Waals surface area contributed by atoms with E-state index >= 15 is 0 Å². The molecule has 1 saturated heterocycles. The van der Waals surface area contributed by atoms with Crippen molar-refractivity contribution in [3.05, 3.63) is 35.7 Å². The van der Waals surface area contributed by atoms with Crippen LogP contribution in [-0.2, 0) is 5.54 Å². The summed E-state index contributed by atoms with van der Waals surface area (Å²) >= 11 is 0. The van der Waals surface area contributed by atoms with Crippen LogP contribution < -0.4 is 14.7 Å². The lowest BCUT2D eigenvalue weighted by Gasteiger charge is -2.39. The second-order valence-corrected chi connectivity index (χ2v) is 10.7. The zero-order valence-corrected chi connectivity index (χ0v) is 20.1. The van der Waals surface area contributed by atoms with Gasteiger partial charge in [0, 0.05) is 25.3 Å². The highest BCUT2D eigenvalue weighted by Crippen LogP contribution is 2.24. The maximum absolute atomic E-state index is 4.56. The molecule has 1 atom stereocenters. The van der Waals surface area contributed by atoms with Crippen LogP contribution in [0.4, 0.5) is 5.69 Å². The van der Waals surface area contributed by atoms with Gasteiger partial charge in [0.05, 0.1) is 11.6 Å². The van der Waals surface area contributed by atoms with Gasteiger partial charge in [0.2, 0.25) is 5.82 Å². The van der Waals surface area contributed by atoms with E-state index in [1.54, 1.807) is 4.90 Å². The summed E-state index contributed by atoms with van der Waals surface area (Å²) in [6, 6.07) is 10.0. The summed E-state index contributed by atoms with van der Waals surface area (Å²) in [4.78, 5) is 5.58. The second kappa shape index (κ2) is 9.25. The molecule has 2 N–H and O–H groups in total. The highest BCUT2D eigenvalue weighted by atomic mass is 15.6. The number of nitrogens with zero attached hydrogens (tertiary/aromatic N) is 5. The van der Waals surface area contributed by atoms with Gasteiger partial charge in [-0.15, -0.1) is 5.10 Å². The van der Waals surface area contributed by atoms with Crippen LogP contribution in [-0.4, -0.2) is 66.5 Å². The van der Waals surface area contributed by atoms with Crippen LogP contribution in [0.2, 0.25) is 0 Å². The first-order chi connectivity index (χ1) is 14.8. The Bertz CT molecular complexity index is 822. The molecule has 2 aliphatic rings. The van der Waals surface area contributed by atoms with Crippen LogP contribution in [0.25, 0.3) is 0 Å². The fourth-order valence-electron chi connectivity index (χ4n) is 5.48. The lowest BCUT2D eigenvalue weighted by atomic mass is 9.93. The number of nitrogens with one attached hydrogen (secondary N) is 2. The van der Waals surface area contributed by atoms with Crippen molar-refractivity contribution in [3.63, 3.8) is 0 Å². The van der Waals surface area contributed by atoms with Crippen molar-refractivity contribution in [1.29, 1.82) is 0 Å². The van der Waals surface area contributed by atoms with Crippen LogP contribution in [0.15, 0.2) is 24.3 Å². The Kier molecular flexibility index (Phi) is 6.63. The fraction of sp³-hybridized carbons (Fsp3) is 0.708. The average Bonchev–Trinajstić information content (AvgIpc) is 3.25. The highest BCUT2D eigenvalue weighted by Gasteiger charge is 2.39. The normalized spacial score (nSPS) is 24.2. The number of hydrogen-bond donors (Lipinski definition) is 2. The topological polar surface area (TPSA) is 55.7 Å². The van der Waals surface area contributed by atoms with Gasteiger partial charge in [-0.25, -0.2) is 4.68 Å². The molecule has 1 aromatic heterocycles. The van der Waals surface area contributed by atoms with E-state index in [9.17, 15) is 0 Å². The molecule has 0 unspecified atom stereocenters. The summed E-state index contributed by atoms with van der Waals surface area (Å²) in [7, 11) is 4.18. The maximum atomic E-state index is 4.56. The summed E-state index contributed by atoms with van der Waals surface area (Å²) < 4.78 is 2.03. The average molecular weight is 428 g/mol. The lowest BCUT2D eigenvalue weighted by Crippen LogP contribution is -3.29. The first kappa shape index (κ1) is 22.2. The van der Waals surface area contributed by atoms with Crippen LogP contribution in [0.1, 0.15) is 70.3 Å². The number of tetrazole rings is 1. The van der Waals surface area contributed by atoms with Gasteiger partial charge < -0.3 is 14.7 Å². The fourth-order valence-corrected chi connectivity index (χ4v) is 5.48. The van der Waals surface area contributed by atoms with Gasteiger partial charge in [-0.3, -0.25) is 0 Å². The molecular formula is C24H41N7+2. The van der Waals surface area contributed by atoms with Crippen LogP contribution >= 0.6 is 0 Å². The molecule has 1 aliphatic heterocycles. The number of quaternary nitrogens is 2. The van der Waals surface area contributed by atoms with Crippen molar-refractivity contribution < 1.29 is 9.80 Å². The zero-order chi connectivity index (χ0) is 22.0. The third kappa shape index (κ3) is 4.93. The van der Waals surface area contributed by atoms with E-state index in [1.807, 2.05) is 9.58 Å². The summed E-state index contributed by atoms with van der Waals surface area (Å²) in [6.07, 6.45) is 7.12. The van der Waals surface area contributed by atoms with Crippen molar-refractivity contribution in [2.45, 2.75) is 70.5 Å². The molecular weight excluding hydrogens is 386 g/mol. The Labute approximate surface area is 187 Å². The van der Waals surface area contributed by atoms with E-state index < -0.39 is 0 Å². The van der Waals surface area contributed by atoms with Crippen LogP contribution in [0.3, 0.4) is 0 Å². The predicted molar refractivity (Wildman–Crippen MR) is 124 cm³/mol. The van der Waals surface area contributed by atoms with Crippen LogP contribution in [0, 0.1) is 0 Å². The number of anilines is 1. The minimum absolute atomic E-state index is 0.144. The van der Waals surface area contributed by atoms with Gasteiger partial charge in [0.15, 0.2) is 6.04 Å². The minimum atomic E-state index is -0.144. The van der Waals surface area contributed by atoms with Crippen LogP contribution in [0.5, 0.6) is 0 Å². The highest BCUT2D eigenvalue weighted by molar-refractivity contribution is 5.46. The van der Waals surface area contributed by atoms with E-state index in [-0.39, 0.29) is 11.6 Å². The van der Waals surface area contributed by atoms with Gasteiger partial charge in [-0.2, -0.15) is 0 Å². The standard InChI is InChI=1S/C24H39N7/c1-24(2,3)31-23(25-26-27-31)22(19-11-13-20(14-12-19)28(4)5)30-17-15-29(16-18-30)21-9-7-6-8-10-21/h11-14,21-22H,6-10,15-18H2,1-5H3/p+2/t22-/m0/s1. The Balaban J connectivity index is 1.60. The second-order valence-electron chi connectivity index (χ2n) is 10.7. The van der Waals surface area contributed by atoms with E-state index in [0.717, 1.165) is 11.9 Å². The molecule has 31 heavy (non-hydrogen) atoms. The molecule has 7 heteroatoms. The molecule has 0 bridgehead atoms. The molecule has 1 saturated carbocycles. The molecule has 170 valence electrons. The predicted octanol–water partition coefficient (Wildman–Crippen LogP) is 0.700. The van der Waals surface area contributed by atoms with Crippen molar-refractivity contribution in [2.24, 2.45) is 0 Å². The van der Waals surface area contributed by atoms with E-state index in [0.29, 0.717) is 0 Å². The van der Waals surface area contributed by atoms with Gasteiger partial charge in [0.25, 0.3) is 0 Å². The molecule has 1 aromatic carbocycles. The molecule has 2 fully saturated rings. The number of aromatic nitrogens is 4. The minimum Gasteiger partial charge on any atom is -0.378 e. The number of benzene rings is 1. The molecule has 7 nitrogen and oxygen atoms in total. The monoisotopic (exact) mass is 427 g/mol. The quantitative estimate of drug-likeness (QED) is 0.738. The summed E-state index contributed by atoms with van der Waals surface area (Å²) in [6.45, 7) is 11.4. The van der Waals surface area contributed by atoms with Crippen molar-refractivity contribution >= 4 is 5.69 Å². The smallest absolute Gasteiger partial charge is 0.214 e. The molecule has 1 aliphatic carbocycles. The summed E-state index contributed by atoms with van der Waals surface area (Å²) in [5, 5.41) is 13.1. The molecule has 0 radical (unpaired) electrons. The SMILES string of the molecule is CN(C)c1ccc([C@@H](c2nnnn2C(C)(C)C)[NH+]2CC[NH+](C3CCCCC3)CC2)cc1. The summed E-state index contributed by atoms with van der Waals surface area (Å²) in [5.41, 5.74) is 2.39. The number of hydrogen-bond acceptors (Lipinski definition) is 4. The molecule has 0 amide bonds. The van der Waals surface area contributed by atoms with E-state index in [4.69, 9.17) is 0 Å². The van der Waals surface area contributed by atoms with Gasteiger partial charge >= 0.3 is 0 Å². The Hall–Kier alpha value is -1.99. The van der Waals surface area contributed by atoms with Crippen molar-refractivity contribution in [2.75, 3.05) is 45.2 Å². The van der Waals surface area contributed by atoms with Gasteiger partial charge in [-0.1, -0.05) is 18.6 Å². The van der Waals surface area contributed by atoms with E-state index in [2.05, 4.69) is 79.6 Å². The van der Waals surface area contributed by atoms with Crippen molar-refractivity contribution in [3.8, 4) is 0 Å². The lowest BCUT2D eigenvalue weighted by molar-refractivity contribution is -1.03. The molecule has 2 heterocycles. The van der Waals surface area contributed by atoms with Gasteiger partial charge in [0.1, 0.15) is 26.2 Å². The number of rotatable bonds is 5. The van der Waals surface area contributed by atoms with Crippen molar-refractivity contribution in [1.82, 2.24) is 20.2 Å². The molecule has 0 spiro atoms. The third-order valence-electron chi connectivity index (χ3n) is 7.26.